The van der Waals surface area contributed by atoms with Crippen LogP contribution in [0.1, 0.15) is 5.56 Å². The molecule has 29 heavy (non-hydrogen) atoms. The number of ether oxygens (including phenoxy) is 3. The van der Waals surface area contributed by atoms with Gasteiger partial charge in [-0.15, -0.1) is 0 Å². The third kappa shape index (κ3) is 5.09. The number of nitrogens with one attached hydrogen (secondary N) is 1. The number of hydrazone groups is 1. The zero-order valence-electron chi connectivity index (χ0n) is 16.5. The SMILES string of the molecule is COc1cccc(/C=N\Nc2nc(N3CCOCC3)nc(N3CCOCC3)n2)c1. The van der Waals surface area contributed by atoms with Gasteiger partial charge >= 0.3 is 0 Å². The van der Waals surface area contributed by atoms with Crippen LogP contribution < -0.4 is 20.0 Å². The van der Waals surface area contributed by atoms with Crippen LogP contribution in [0.3, 0.4) is 0 Å². The standard InChI is InChI=1S/C19H25N7O3/c1-27-16-4-2-3-15(13-16)14-20-24-17-21-18(25-5-9-28-10-6-25)23-19(22-17)26-7-11-29-12-8-26/h2-4,13-14H,5-12H2,1H3,(H,21,22,23,24)/b20-14-. The van der Waals surface area contributed by atoms with Crippen molar-refractivity contribution in [3.8, 4) is 5.75 Å². The zero-order valence-corrected chi connectivity index (χ0v) is 16.5. The van der Waals surface area contributed by atoms with Gasteiger partial charge in [-0.2, -0.15) is 20.1 Å². The number of methoxy groups -OCH3 is 1. The van der Waals surface area contributed by atoms with Crippen LogP contribution in [0.4, 0.5) is 17.8 Å². The summed E-state index contributed by atoms with van der Waals surface area (Å²) in [5.41, 5.74) is 3.85. The van der Waals surface area contributed by atoms with Crippen molar-refractivity contribution in [3.63, 3.8) is 0 Å². The Morgan fingerprint density at radius 1 is 0.966 bits per heavy atom. The van der Waals surface area contributed by atoms with E-state index in [2.05, 4.69) is 35.3 Å². The lowest BCUT2D eigenvalue weighted by Crippen LogP contribution is -2.40. The fourth-order valence-electron chi connectivity index (χ4n) is 3.10. The Bertz CT molecular complexity index is 800. The molecule has 0 spiro atoms. The maximum absolute atomic E-state index is 5.44. The molecule has 2 aliphatic rings. The van der Waals surface area contributed by atoms with E-state index >= 15 is 0 Å². The molecule has 0 aliphatic carbocycles. The molecule has 4 rings (SSSR count). The van der Waals surface area contributed by atoms with Gasteiger partial charge < -0.3 is 24.0 Å². The molecule has 0 atom stereocenters. The van der Waals surface area contributed by atoms with Crippen LogP contribution in [-0.2, 0) is 9.47 Å². The van der Waals surface area contributed by atoms with E-state index in [0.717, 1.165) is 37.5 Å². The number of nitrogens with zero attached hydrogens (tertiary/aromatic N) is 6. The number of anilines is 3. The molecule has 0 amide bonds. The van der Waals surface area contributed by atoms with Crippen LogP contribution in [0.15, 0.2) is 29.4 Å². The first-order valence-corrected chi connectivity index (χ1v) is 9.66. The first-order chi connectivity index (χ1) is 14.3. The maximum Gasteiger partial charge on any atom is 0.250 e. The van der Waals surface area contributed by atoms with Gasteiger partial charge in [0.05, 0.1) is 39.8 Å². The van der Waals surface area contributed by atoms with Crippen LogP contribution in [0.2, 0.25) is 0 Å². The normalized spacial score (nSPS) is 17.6. The van der Waals surface area contributed by atoms with E-state index in [1.807, 2.05) is 24.3 Å². The summed E-state index contributed by atoms with van der Waals surface area (Å²) < 4.78 is 16.1. The fourth-order valence-corrected chi connectivity index (χ4v) is 3.10. The predicted molar refractivity (Wildman–Crippen MR) is 110 cm³/mol. The van der Waals surface area contributed by atoms with Gasteiger partial charge in [-0.25, -0.2) is 5.43 Å². The highest BCUT2D eigenvalue weighted by Gasteiger charge is 2.20. The molecule has 1 aromatic carbocycles. The lowest BCUT2D eigenvalue weighted by Gasteiger charge is -2.30. The van der Waals surface area contributed by atoms with Gasteiger partial charge in [0.2, 0.25) is 17.8 Å². The number of benzene rings is 1. The van der Waals surface area contributed by atoms with Gasteiger partial charge in [-0.05, 0) is 17.7 Å². The molecule has 0 radical (unpaired) electrons. The number of morpholine rings is 2. The zero-order chi connectivity index (χ0) is 19.9. The number of aromatic nitrogens is 3. The van der Waals surface area contributed by atoms with Crippen molar-refractivity contribution in [2.24, 2.45) is 5.10 Å². The van der Waals surface area contributed by atoms with Gasteiger partial charge in [0.15, 0.2) is 0 Å². The highest BCUT2D eigenvalue weighted by atomic mass is 16.5. The molecule has 154 valence electrons. The average Bonchev–Trinajstić information content (AvgIpc) is 2.80. The summed E-state index contributed by atoms with van der Waals surface area (Å²) in [4.78, 5) is 18.0. The second kappa shape index (κ2) is 9.48. The highest BCUT2D eigenvalue weighted by Crippen LogP contribution is 2.19. The van der Waals surface area contributed by atoms with E-state index in [-0.39, 0.29) is 0 Å². The molecule has 10 heteroatoms. The largest absolute Gasteiger partial charge is 0.497 e. The van der Waals surface area contributed by atoms with Gasteiger partial charge in [-0.1, -0.05) is 12.1 Å². The monoisotopic (exact) mass is 399 g/mol. The van der Waals surface area contributed by atoms with Crippen molar-refractivity contribution < 1.29 is 14.2 Å². The first-order valence-electron chi connectivity index (χ1n) is 9.66. The summed E-state index contributed by atoms with van der Waals surface area (Å²) in [6, 6.07) is 7.65. The van der Waals surface area contributed by atoms with Crippen LogP contribution in [0.5, 0.6) is 5.75 Å². The average molecular weight is 399 g/mol. The summed E-state index contributed by atoms with van der Waals surface area (Å²) in [6.07, 6.45) is 1.70. The number of hydrogen-bond acceptors (Lipinski definition) is 10. The Hall–Kier alpha value is -2.98. The van der Waals surface area contributed by atoms with Gasteiger partial charge in [0.1, 0.15) is 5.75 Å². The molecule has 10 nitrogen and oxygen atoms in total. The van der Waals surface area contributed by atoms with Crippen molar-refractivity contribution in [3.05, 3.63) is 29.8 Å². The Labute approximate surface area is 169 Å². The number of hydrogen-bond donors (Lipinski definition) is 1. The third-order valence-electron chi connectivity index (χ3n) is 4.67. The molecule has 0 unspecified atom stereocenters. The second-order valence-corrected chi connectivity index (χ2v) is 6.60. The molecule has 3 heterocycles. The molecular weight excluding hydrogens is 374 g/mol. The van der Waals surface area contributed by atoms with Crippen molar-refractivity contribution >= 4 is 24.1 Å². The molecule has 2 fully saturated rings. The smallest absolute Gasteiger partial charge is 0.250 e. The van der Waals surface area contributed by atoms with Crippen LogP contribution >= 0.6 is 0 Å². The van der Waals surface area contributed by atoms with E-state index in [9.17, 15) is 0 Å². The van der Waals surface area contributed by atoms with Crippen molar-refractivity contribution in [2.45, 2.75) is 0 Å². The predicted octanol–water partition coefficient (Wildman–Crippen LogP) is 0.999. The topological polar surface area (TPSA) is 97.2 Å². The minimum atomic E-state index is 0.405. The lowest BCUT2D eigenvalue weighted by atomic mass is 10.2. The van der Waals surface area contributed by atoms with E-state index in [4.69, 9.17) is 14.2 Å². The maximum atomic E-state index is 5.44. The van der Waals surface area contributed by atoms with Crippen molar-refractivity contribution in [1.82, 2.24) is 15.0 Å². The molecular formula is C19H25N7O3. The quantitative estimate of drug-likeness (QED) is 0.563. The Morgan fingerprint density at radius 3 is 2.17 bits per heavy atom. The molecule has 2 aromatic rings. The van der Waals surface area contributed by atoms with Crippen LogP contribution in [0.25, 0.3) is 0 Å². The molecule has 2 aliphatic heterocycles. The lowest BCUT2D eigenvalue weighted by molar-refractivity contribution is 0.121. The Kier molecular flexibility index (Phi) is 6.32. The van der Waals surface area contributed by atoms with E-state index in [1.54, 1.807) is 13.3 Å². The molecule has 0 saturated carbocycles. The van der Waals surface area contributed by atoms with E-state index in [0.29, 0.717) is 44.3 Å². The minimum absolute atomic E-state index is 0.405. The Morgan fingerprint density at radius 2 is 1.59 bits per heavy atom. The highest BCUT2D eigenvalue weighted by molar-refractivity contribution is 5.80. The van der Waals surface area contributed by atoms with Crippen molar-refractivity contribution in [2.75, 3.05) is 74.9 Å². The molecule has 0 bridgehead atoms. The summed E-state index contributed by atoms with van der Waals surface area (Å²) in [5, 5.41) is 4.29. The second-order valence-electron chi connectivity index (χ2n) is 6.60. The number of rotatable bonds is 6. The summed E-state index contributed by atoms with van der Waals surface area (Å²) >= 11 is 0. The molecule has 2 saturated heterocycles. The first kappa shape index (κ1) is 19.3. The Balaban J connectivity index is 1.54. The summed E-state index contributed by atoms with van der Waals surface area (Å²) in [5.74, 6) is 2.44. The van der Waals surface area contributed by atoms with Crippen LogP contribution in [0, 0.1) is 0 Å². The van der Waals surface area contributed by atoms with E-state index in [1.165, 1.54) is 0 Å². The summed E-state index contributed by atoms with van der Waals surface area (Å²) in [6.45, 7) is 5.64. The van der Waals surface area contributed by atoms with Crippen molar-refractivity contribution in [1.29, 1.82) is 0 Å². The van der Waals surface area contributed by atoms with Gasteiger partial charge in [-0.3, -0.25) is 0 Å². The van der Waals surface area contributed by atoms with Crippen LogP contribution in [-0.4, -0.2) is 80.9 Å². The summed E-state index contributed by atoms with van der Waals surface area (Å²) in [7, 11) is 1.64. The molecule has 1 aromatic heterocycles. The minimum Gasteiger partial charge on any atom is -0.497 e. The molecule has 1 N–H and O–H groups in total. The van der Waals surface area contributed by atoms with Gasteiger partial charge in [0.25, 0.3) is 0 Å². The van der Waals surface area contributed by atoms with E-state index < -0.39 is 0 Å². The third-order valence-corrected chi connectivity index (χ3v) is 4.67. The van der Waals surface area contributed by atoms with Gasteiger partial charge in [0, 0.05) is 26.2 Å². The fraction of sp³-hybridized carbons (Fsp3) is 0.474.